The molecule has 5 heteroatoms. The molecule has 0 spiro atoms. The third kappa shape index (κ3) is 2.36. The molecule has 4 rings (SSSR count). The van der Waals surface area contributed by atoms with E-state index < -0.39 is 0 Å². The van der Waals surface area contributed by atoms with Gasteiger partial charge in [-0.15, -0.1) is 5.10 Å². The number of phenolic OH excluding ortho intramolecular Hbond substituents is 1. The summed E-state index contributed by atoms with van der Waals surface area (Å²) in [7, 11) is 0. The number of nitriles is 1. The lowest BCUT2D eigenvalue weighted by atomic mass is 9.99. The first-order valence-electron chi connectivity index (χ1n) is 7.39. The van der Waals surface area contributed by atoms with Crippen LogP contribution in [-0.4, -0.2) is 20.5 Å². The standard InChI is InChI=1S/C19H12N4O/c20-11-18-19(22-23-21-18)13-3-1-12(2-4-13)14-5-6-16-10-17(24)8-7-15(16)9-14/h1-10,24H,(H,21,22,23). The second-order valence-corrected chi connectivity index (χ2v) is 5.47. The van der Waals surface area contributed by atoms with Gasteiger partial charge in [0.25, 0.3) is 0 Å². The van der Waals surface area contributed by atoms with Crippen molar-refractivity contribution in [2.24, 2.45) is 0 Å². The van der Waals surface area contributed by atoms with Crippen LogP contribution in [0.25, 0.3) is 33.2 Å². The summed E-state index contributed by atoms with van der Waals surface area (Å²) in [5.41, 5.74) is 3.90. The molecule has 1 heterocycles. The van der Waals surface area contributed by atoms with E-state index in [1.54, 1.807) is 12.1 Å². The van der Waals surface area contributed by atoms with Crippen LogP contribution in [0.2, 0.25) is 0 Å². The topological polar surface area (TPSA) is 85.6 Å². The average Bonchev–Trinajstić information content (AvgIpc) is 3.10. The van der Waals surface area contributed by atoms with Crippen LogP contribution in [0, 0.1) is 11.3 Å². The Labute approximate surface area is 137 Å². The summed E-state index contributed by atoms with van der Waals surface area (Å²) in [6.45, 7) is 0. The molecule has 0 radical (unpaired) electrons. The first-order chi connectivity index (χ1) is 11.7. The highest BCUT2D eigenvalue weighted by Gasteiger charge is 2.09. The van der Waals surface area contributed by atoms with E-state index in [1.165, 1.54) is 0 Å². The molecule has 2 N–H and O–H groups in total. The zero-order valence-electron chi connectivity index (χ0n) is 12.6. The molecule has 0 unspecified atom stereocenters. The Morgan fingerprint density at radius 3 is 2.29 bits per heavy atom. The number of hydrogen-bond acceptors (Lipinski definition) is 4. The highest BCUT2D eigenvalue weighted by molar-refractivity contribution is 5.88. The lowest BCUT2D eigenvalue weighted by molar-refractivity contribution is 0.476. The van der Waals surface area contributed by atoms with Crippen LogP contribution in [0.15, 0.2) is 60.7 Å². The monoisotopic (exact) mass is 312 g/mol. The van der Waals surface area contributed by atoms with E-state index in [1.807, 2.05) is 48.5 Å². The Hall–Kier alpha value is -3.65. The summed E-state index contributed by atoms with van der Waals surface area (Å²) in [6.07, 6.45) is 0. The second-order valence-electron chi connectivity index (χ2n) is 5.47. The van der Waals surface area contributed by atoms with Crippen molar-refractivity contribution in [3.63, 3.8) is 0 Å². The Balaban J connectivity index is 1.73. The van der Waals surface area contributed by atoms with Gasteiger partial charge >= 0.3 is 0 Å². The molecule has 4 aromatic rings. The van der Waals surface area contributed by atoms with Gasteiger partial charge in [-0.2, -0.15) is 5.26 Å². The van der Waals surface area contributed by atoms with Gasteiger partial charge in [0, 0.05) is 5.56 Å². The van der Waals surface area contributed by atoms with Crippen molar-refractivity contribution >= 4 is 10.8 Å². The number of hydrogen-bond donors (Lipinski definition) is 2. The quantitative estimate of drug-likeness (QED) is 0.588. The van der Waals surface area contributed by atoms with Crippen molar-refractivity contribution in [2.45, 2.75) is 0 Å². The van der Waals surface area contributed by atoms with Crippen molar-refractivity contribution in [3.8, 4) is 34.2 Å². The fraction of sp³-hybridized carbons (Fsp3) is 0. The molecule has 5 nitrogen and oxygen atoms in total. The molecule has 0 saturated carbocycles. The van der Waals surface area contributed by atoms with Gasteiger partial charge in [0.2, 0.25) is 0 Å². The van der Waals surface area contributed by atoms with E-state index in [4.69, 9.17) is 5.26 Å². The molecule has 0 aliphatic rings. The lowest BCUT2D eigenvalue weighted by Gasteiger charge is -2.06. The third-order valence-corrected chi connectivity index (χ3v) is 3.98. The van der Waals surface area contributed by atoms with Crippen molar-refractivity contribution in [3.05, 3.63) is 66.4 Å². The minimum absolute atomic E-state index is 0.264. The normalized spacial score (nSPS) is 10.6. The number of aromatic amines is 1. The van der Waals surface area contributed by atoms with Crippen LogP contribution in [0.1, 0.15) is 5.69 Å². The van der Waals surface area contributed by atoms with Crippen molar-refractivity contribution in [2.75, 3.05) is 0 Å². The van der Waals surface area contributed by atoms with Crippen LogP contribution in [0.5, 0.6) is 5.75 Å². The summed E-state index contributed by atoms with van der Waals surface area (Å²) in [6, 6.07) is 21.3. The zero-order chi connectivity index (χ0) is 16.5. The van der Waals surface area contributed by atoms with E-state index in [2.05, 4.69) is 21.5 Å². The molecule has 24 heavy (non-hydrogen) atoms. The molecular weight excluding hydrogens is 300 g/mol. The van der Waals surface area contributed by atoms with Crippen LogP contribution < -0.4 is 0 Å². The van der Waals surface area contributed by atoms with Gasteiger partial charge in [-0.1, -0.05) is 47.7 Å². The fourth-order valence-electron chi connectivity index (χ4n) is 2.74. The zero-order valence-corrected chi connectivity index (χ0v) is 12.6. The van der Waals surface area contributed by atoms with Gasteiger partial charge in [0.05, 0.1) is 0 Å². The van der Waals surface area contributed by atoms with Crippen LogP contribution >= 0.6 is 0 Å². The number of H-pyrrole nitrogens is 1. The first-order valence-corrected chi connectivity index (χ1v) is 7.39. The Kier molecular flexibility index (Phi) is 3.22. The van der Waals surface area contributed by atoms with Crippen LogP contribution in [0.4, 0.5) is 0 Å². The molecule has 0 fully saturated rings. The van der Waals surface area contributed by atoms with Gasteiger partial charge in [-0.3, -0.25) is 0 Å². The second kappa shape index (κ2) is 5.52. The van der Waals surface area contributed by atoms with Crippen LogP contribution in [0.3, 0.4) is 0 Å². The maximum absolute atomic E-state index is 9.54. The number of nitrogens with zero attached hydrogens (tertiary/aromatic N) is 3. The lowest BCUT2D eigenvalue weighted by Crippen LogP contribution is -1.84. The Morgan fingerprint density at radius 2 is 1.50 bits per heavy atom. The molecule has 0 amide bonds. The average molecular weight is 312 g/mol. The number of fused-ring (bicyclic) bond motifs is 1. The molecule has 0 atom stereocenters. The molecule has 3 aromatic carbocycles. The van der Waals surface area contributed by atoms with Crippen molar-refractivity contribution in [1.29, 1.82) is 5.26 Å². The molecule has 114 valence electrons. The van der Waals surface area contributed by atoms with E-state index in [0.29, 0.717) is 11.4 Å². The number of nitrogens with one attached hydrogen (secondary N) is 1. The van der Waals surface area contributed by atoms with E-state index >= 15 is 0 Å². The minimum atomic E-state index is 0.264. The van der Waals surface area contributed by atoms with E-state index in [0.717, 1.165) is 27.5 Å². The molecule has 0 bridgehead atoms. The predicted molar refractivity (Wildman–Crippen MR) is 91.1 cm³/mol. The molecule has 0 aliphatic carbocycles. The number of phenols is 1. The molecule has 1 aromatic heterocycles. The highest BCUT2D eigenvalue weighted by Crippen LogP contribution is 2.28. The van der Waals surface area contributed by atoms with Gasteiger partial charge < -0.3 is 5.11 Å². The first kappa shape index (κ1) is 14.0. The highest BCUT2D eigenvalue weighted by atomic mass is 16.3. The van der Waals surface area contributed by atoms with Crippen molar-refractivity contribution < 1.29 is 5.11 Å². The maximum atomic E-state index is 9.54. The summed E-state index contributed by atoms with van der Waals surface area (Å²) in [5, 5.41) is 30.9. The largest absolute Gasteiger partial charge is 0.508 e. The van der Waals surface area contributed by atoms with Gasteiger partial charge in [0.1, 0.15) is 17.5 Å². The van der Waals surface area contributed by atoms with Gasteiger partial charge in [-0.05, 0) is 40.1 Å². The predicted octanol–water partition coefficient (Wildman–Crippen LogP) is 3.87. The molecule has 0 saturated heterocycles. The smallest absolute Gasteiger partial charge is 0.163 e. The van der Waals surface area contributed by atoms with Gasteiger partial charge in [-0.25, -0.2) is 5.10 Å². The third-order valence-electron chi connectivity index (χ3n) is 3.98. The van der Waals surface area contributed by atoms with E-state index in [-0.39, 0.29) is 5.75 Å². The number of aromatic hydroxyl groups is 1. The molecular formula is C19H12N4O. The van der Waals surface area contributed by atoms with Crippen molar-refractivity contribution in [1.82, 2.24) is 15.4 Å². The van der Waals surface area contributed by atoms with Crippen LogP contribution in [-0.2, 0) is 0 Å². The summed E-state index contributed by atoms with van der Waals surface area (Å²) >= 11 is 0. The maximum Gasteiger partial charge on any atom is 0.163 e. The minimum Gasteiger partial charge on any atom is -0.508 e. The number of aromatic nitrogens is 3. The molecule has 0 aliphatic heterocycles. The number of benzene rings is 3. The Bertz CT molecular complexity index is 1070. The van der Waals surface area contributed by atoms with E-state index in [9.17, 15) is 5.11 Å². The SMILES string of the molecule is N#Cc1[nH]nnc1-c1ccc(-c2ccc3cc(O)ccc3c2)cc1. The summed E-state index contributed by atoms with van der Waals surface area (Å²) in [5.74, 6) is 0.264. The number of rotatable bonds is 2. The Morgan fingerprint density at radius 1 is 0.833 bits per heavy atom. The summed E-state index contributed by atoms with van der Waals surface area (Å²) < 4.78 is 0. The van der Waals surface area contributed by atoms with Gasteiger partial charge in [0.15, 0.2) is 5.69 Å². The fourth-order valence-corrected chi connectivity index (χ4v) is 2.74. The summed E-state index contributed by atoms with van der Waals surface area (Å²) in [4.78, 5) is 0.